The fraction of sp³-hybridized carbons (Fsp3) is 0.667. The smallest absolute Gasteiger partial charge is 0.315 e. The second kappa shape index (κ2) is 11.5. The summed E-state index contributed by atoms with van der Waals surface area (Å²) in [4.78, 5) is 69.2. The van der Waals surface area contributed by atoms with Gasteiger partial charge in [-0.1, -0.05) is 0 Å². The summed E-state index contributed by atoms with van der Waals surface area (Å²) in [6.45, 7) is 2.57. The minimum atomic E-state index is -1.77. The summed E-state index contributed by atoms with van der Waals surface area (Å²) in [7, 11) is 0. The molecule has 1 saturated heterocycles. The Morgan fingerprint density at radius 2 is 1.13 bits per heavy atom. The predicted octanol–water partition coefficient (Wildman–Crippen LogP) is -1.63. The van der Waals surface area contributed by atoms with Crippen molar-refractivity contribution in [3.8, 4) is 0 Å². The van der Waals surface area contributed by atoms with Crippen molar-refractivity contribution < 1.29 is 57.9 Å². The molecule has 0 radical (unpaired) electrons. The van der Waals surface area contributed by atoms with Crippen LogP contribution in [0.1, 0.15) is 40.0 Å². The summed E-state index contributed by atoms with van der Waals surface area (Å²) in [5.41, 5.74) is 0. The molecule has 0 saturated carbocycles. The van der Waals surface area contributed by atoms with Crippen LogP contribution in [0.2, 0.25) is 0 Å². The number of aliphatic hydroxyl groups excluding tert-OH is 2. The number of Topliss-reactive ketones (excluding diaryl/α,β-unsaturated/α-hetero) is 3. The number of hydrogen-bond acceptors (Lipinski definition) is 12. The van der Waals surface area contributed by atoms with Gasteiger partial charge in [0.05, 0.1) is 6.61 Å². The lowest BCUT2D eigenvalue weighted by atomic mass is 9.98. The Labute approximate surface area is 171 Å². The third kappa shape index (κ3) is 7.97. The average Bonchev–Trinajstić information content (AvgIpc) is 2.58. The topological polar surface area (TPSA) is 180 Å². The molecule has 0 bridgehead atoms. The van der Waals surface area contributed by atoms with Crippen LogP contribution < -0.4 is 0 Å². The number of rotatable bonds is 10. The Balaban J connectivity index is 3.18. The predicted molar refractivity (Wildman–Crippen MR) is 93.5 cm³/mol. The molecule has 0 aliphatic carbocycles. The maximum Gasteiger partial charge on any atom is 0.315 e. The van der Waals surface area contributed by atoms with Crippen molar-refractivity contribution >= 4 is 35.3 Å². The van der Waals surface area contributed by atoms with Gasteiger partial charge in [0.25, 0.3) is 0 Å². The second-order valence-corrected chi connectivity index (χ2v) is 6.75. The van der Waals surface area contributed by atoms with Gasteiger partial charge in [0.2, 0.25) is 12.4 Å². The third-order valence-corrected chi connectivity index (χ3v) is 3.76. The zero-order chi connectivity index (χ0) is 23.0. The van der Waals surface area contributed by atoms with Gasteiger partial charge in [0, 0.05) is 0 Å². The molecule has 1 rings (SSSR count). The van der Waals surface area contributed by atoms with Crippen molar-refractivity contribution in [2.24, 2.45) is 0 Å². The van der Waals surface area contributed by atoms with Gasteiger partial charge in [-0.25, -0.2) is 0 Å². The molecule has 1 aliphatic heterocycles. The van der Waals surface area contributed by atoms with Gasteiger partial charge in [0.1, 0.15) is 48.8 Å². The summed E-state index contributed by atoms with van der Waals surface area (Å²) in [6.07, 6.45) is -10.3. The molecular formula is C18H24O12. The van der Waals surface area contributed by atoms with E-state index in [1.807, 2.05) is 0 Å². The van der Waals surface area contributed by atoms with Crippen molar-refractivity contribution in [3.63, 3.8) is 0 Å². The minimum Gasteiger partial charge on any atom is -0.455 e. The van der Waals surface area contributed by atoms with Crippen molar-refractivity contribution in [2.75, 3.05) is 6.61 Å². The van der Waals surface area contributed by atoms with Crippen LogP contribution in [-0.4, -0.2) is 82.8 Å². The van der Waals surface area contributed by atoms with E-state index >= 15 is 0 Å². The molecule has 1 aliphatic rings. The largest absolute Gasteiger partial charge is 0.455 e. The lowest BCUT2D eigenvalue weighted by Crippen LogP contribution is -2.62. The van der Waals surface area contributed by atoms with Crippen LogP contribution in [0.4, 0.5) is 0 Å². The van der Waals surface area contributed by atoms with E-state index in [9.17, 15) is 39.0 Å². The SMILES string of the molecule is CC(=O)CC(=O)O[C@H]1O[C@H](CO)[C@@H](O)[C@H](OC(=O)CC(C)=O)[C@H]1OC(=O)CC(C)=O. The molecule has 168 valence electrons. The monoisotopic (exact) mass is 432 g/mol. The quantitative estimate of drug-likeness (QED) is 0.229. The third-order valence-electron chi connectivity index (χ3n) is 3.76. The molecule has 30 heavy (non-hydrogen) atoms. The highest BCUT2D eigenvalue weighted by Gasteiger charge is 2.51. The molecule has 0 aromatic rings. The zero-order valence-corrected chi connectivity index (χ0v) is 16.7. The van der Waals surface area contributed by atoms with E-state index in [4.69, 9.17) is 18.9 Å². The van der Waals surface area contributed by atoms with E-state index in [2.05, 4.69) is 0 Å². The molecule has 12 heteroatoms. The molecule has 5 atom stereocenters. The number of aliphatic hydroxyl groups is 2. The fourth-order valence-electron chi connectivity index (χ4n) is 2.56. The summed E-state index contributed by atoms with van der Waals surface area (Å²) in [6, 6.07) is 0. The van der Waals surface area contributed by atoms with Crippen LogP contribution in [0.3, 0.4) is 0 Å². The van der Waals surface area contributed by atoms with Crippen molar-refractivity contribution in [3.05, 3.63) is 0 Å². The first-order valence-corrected chi connectivity index (χ1v) is 8.95. The molecule has 2 N–H and O–H groups in total. The fourth-order valence-corrected chi connectivity index (χ4v) is 2.56. The van der Waals surface area contributed by atoms with E-state index in [0.717, 1.165) is 20.8 Å². The van der Waals surface area contributed by atoms with Gasteiger partial charge in [-0.05, 0) is 20.8 Å². The molecule has 0 aromatic carbocycles. The molecule has 1 fully saturated rings. The van der Waals surface area contributed by atoms with Crippen molar-refractivity contribution in [1.29, 1.82) is 0 Å². The normalized spacial score (nSPS) is 25.7. The van der Waals surface area contributed by atoms with E-state index < -0.39 is 91.8 Å². The van der Waals surface area contributed by atoms with E-state index in [1.54, 1.807) is 0 Å². The van der Waals surface area contributed by atoms with Crippen LogP contribution >= 0.6 is 0 Å². The molecular weight excluding hydrogens is 408 g/mol. The highest BCUT2D eigenvalue weighted by molar-refractivity contribution is 5.95. The minimum absolute atomic E-state index is 0.538. The average molecular weight is 432 g/mol. The van der Waals surface area contributed by atoms with Gasteiger partial charge >= 0.3 is 17.9 Å². The maximum absolute atomic E-state index is 12.0. The Hall–Kier alpha value is -2.70. The van der Waals surface area contributed by atoms with Gasteiger partial charge in [-0.2, -0.15) is 0 Å². The molecule has 1 heterocycles. The van der Waals surface area contributed by atoms with Crippen molar-refractivity contribution in [2.45, 2.75) is 70.7 Å². The molecule has 12 nitrogen and oxygen atoms in total. The van der Waals surface area contributed by atoms with Crippen molar-refractivity contribution in [1.82, 2.24) is 0 Å². The van der Waals surface area contributed by atoms with Crippen LogP contribution in [0.5, 0.6) is 0 Å². The van der Waals surface area contributed by atoms with E-state index in [-0.39, 0.29) is 0 Å². The van der Waals surface area contributed by atoms with Crippen LogP contribution in [0.15, 0.2) is 0 Å². The first kappa shape index (κ1) is 25.3. The first-order valence-electron chi connectivity index (χ1n) is 8.95. The van der Waals surface area contributed by atoms with Gasteiger partial charge in [-0.15, -0.1) is 0 Å². The summed E-state index contributed by atoms with van der Waals surface area (Å²) >= 11 is 0. The Kier molecular flexibility index (Phi) is 9.69. The number of ether oxygens (including phenoxy) is 4. The van der Waals surface area contributed by atoms with E-state index in [0.29, 0.717) is 0 Å². The molecule has 0 aromatic heterocycles. The lowest BCUT2D eigenvalue weighted by Gasteiger charge is -2.42. The second-order valence-electron chi connectivity index (χ2n) is 6.75. The van der Waals surface area contributed by atoms with Gasteiger partial charge in [-0.3, -0.25) is 28.8 Å². The number of carbonyl (C=O) groups excluding carboxylic acids is 6. The molecule has 0 spiro atoms. The summed E-state index contributed by atoms with van der Waals surface area (Å²) in [5.74, 6) is -4.88. The summed E-state index contributed by atoms with van der Waals surface area (Å²) in [5, 5.41) is 19.8. The number of carbonyl (C=O) groups is 6. The summed E-state index contributed by atoms with van der Waals surface area (Å²) < 4.78 is 20.3. The van der Waals surface area contributed by atoms with Gasteiger partial charge < -0.3 is 29.2 Å². The Bertz CT molecular complexity index is 699. The number of ketones is 3. The Morgan fingerprint density at radius 3 is 1.53 bits per heavy atom. The highest BCUT2D eigenvalue weighted by atomic mass is 16.7. The number of esters is 3. The van der Waals surface area contributed by atoms with Crippen LogP contribution in [0, 0.1) is 0 Å². The van der Waals surface area contributed by atoms with Crippen LogP contribution in [-0.2, 0) is 47.7 Å². The Morgan fingerprint density at radius 1 is 0.733 bits per heavy atom. The first-order chi connectivity index (χ1) is 13.9. The standard InChI is InChI=1S/C18H24O12/c1-8(20)4-12(23)28-16-15(26)11(7-19)27-18(30-14(25)6-10(3)22)17(16)29-13(24)5-9(2)21/h11,15-19,26H,4-7H2,1-3H3/t11-,15-,16+,17-,18-/m1/s1. The maximum atomic E-state index is 12.0. The lowest BCUT2D eigenvalue weighted by molar-refractivity contribution is -0.298. The number of hydrogen-bond donors (Lipinski definition) is 2. The van der Waals surface area contributed by atoms with Gasteiger partial charge in [0.15, 0.2) is 6.10 Å². The zero-order valence-electron chi connectivity index (χ0n) is 16.7. The van der Waals surface area contributed by atoms with E-state index in [1.165, 1.54) is 0 Å². The highest BCUT2D eigenvalue weighted by Crippen LogP contribution is 2.28. The molecule has 0 amide bonds. The molecule has 0 unspecified atom stereocenters. The van der Waals surface area contributed by atoms with Crippen LogP contribution in [0.25, 0.3) is 0 Å².